The third-order valence-corrected chi connectivity index (χ3v) is 18.7. The van der Waals surface area contributed by atoms with Crippen molar-refractivity contribution in [3.8, 4) is 0 Å². The number of allylic oxidation sites excluding steroid dienone is 4. The lowest BCUT2D eigenvalue weighted by Gasteiger charge is -2.27. The van der Waals surface area contributed by atoms with Gasteiger partial charge in [0.1, 0.15) is 0 Å². The minimum atomic E-state index is -1.29. The van der Waals surface area contributed by atoms with Crippen LogP contribution in [-0.4, -0.2) is 261 Å². The van der Waals surface area contributed by atoms with Gasteiger partial charge in [0.05, 0.1) is 78.0 Å². The molecule has 0 aromatic carbocycles. The third-order valence-electron chi connectivity index (χ3n) is 18.7. The number of carbonyl (C=O) groups excluding carboxylic acids is 16. The number of hydrogen-bond donors (Lipinski definition) is 8. The molecule has 0 bridgehead atoms. The Labute approximate surface area is 669 Å². The highest BCUT2D eigenvalue weighted by atomic mass is 16.8. The van der Waals surface area contributed by atoms with E-state index in [0.29, 0.717) is 100 Å². The van der Waals surface area contributed by atoms with Crippen LogP contribution in [0.1, 0.15) is 222 Å². The Morgan fingerprint density at radius 3 is 0.655 bits per heavy atom. The maximum Gasteiger partial charge on any atom is 0.334 e. The smallest absolute Gasteiger partial charge is 0.334 e. The minimum Gasteiger partial charge on any atom is -0.355 e. The molecule has 8 N–H and O–H groups in total. The van der Waals surface area contributed by atoms with Crippen molar-refractivity contribution >= 4 is 94.8 Å². The number of rotatable bonds is 36. The van der Waals surface area contributed by atoms with Gasteiger partial charge >= 0.3 is 23.9 Å². The van der Waals surface area contributed by atoms with Crippen LogP contribution in [0.2, 0.25) is 0 Å². The monoisotopic (exact) mass is 1620 g/mol. The molecule has 8 rings (SSSR count). The average molecular weight is 1620 g/mol. The fourth-order valence-corrected chi connectivity index (χ4v) is 12.7. The van der Waals surface area contributed by atoms with E-state index in [1.807, 2.05) is 75.0 Å². The Morgan fingerprint density at radius 2 is 0.496 bits per heavy atom. The van der Waals surface area contributed by atoms with E-state index in [1.165, 1.54) is 0 Å². The van der Waals surface area contributed by atoms with Crippen LogP contribution in [0.4, 0.5) is 0 Å². The third kappa shape index (κ3) is 32.4. The molecule has 0 aromatic rings. The Morgan fingerprint density at radius 1 is 0.319 bits per heavy atom. The van der Waals surface area contributed by atoms with E-state index in [2.05, 4.69) is 68.9 Å². The fourth-order valence-electron chi connectivity index (χ4n) is 12.7. The summed E-state index contributed by atoms with van der Waals surface area (Å²) in [5.41, 5.74) is 1.75. The molecular weight excluding hydrogens is 1490 g/mol. The minimum absolute atomic E-state index is 0. The van der Waals surface area contributed by atoms with Crippen molar-refractivity contribution in [2.24, 2.45) is 0 Å². The summed E-state index contributed by atoms with van der Waals surface area (Å²) in [7, 11) is 0. The van der Waals surface area contributed by atoms with Crippen LogP contribution in [0, 0.1) is 0 Å². The molecule has 0 radical (unpaired) electrons. The fraction of sp³-hybridized carbons (Fsp3) is 0.688. The van der Waals surface area contributed by atoms with E-state index in [4.69, 9.17) is 24.8 Å². The van der Waals surface area contributed by atoms with Gasteiger partial charge in [-0.1, -0.05) is 33.7 Å². The Kier molecular flexibility index (Phi) is 38.6. The lowest BCUT2D eigenvalue weighted by atomic mass is 10.2. The van der Waals surface area contributed by atoms with Gasteiger partial charge in [0, 0.05) is 128 Å². The first-order valence-corrected chi connectivity index (χ1v) is 38.7. The highest BCUT2D eigenvalue weighted by Gasteiger charge is 2.38. The maximum absolute atomic E-state index is 12.4. The van der Waals surface area contributed by atoms with Crippen LogP contribution < -0.4 is 42.5 Å². The van der Waals surface area contributed by atoms with Crippen LogP contribution in [-0.2, 0) is 96.1 Å². The number of likely N-dealkylation sites (tertiary alicyclic amines) is 4. The summed E-state index contributed by atoms with van der Waals surface area (Å²) in [6.45, 7) is 33.8. The molecule has 36 nitrogen and oxygen atoms in total. The van der Waals surface area contributed by atoms with Gasteiger partial charge in [-0.15, -0.1) is 20.3 Å². The quantitative estimate of drug-likeness (QED) is 0.0330. The van der Waals surface area contributed by atoms with E-state index in [9.17, 15) is 76.7 Å². The van der Waals surface area contributed by atoms with Gasteiger partial charge in [0.25, 0.3) is 23.6 Å². The van der Waals surface area contributed by atoms with Crippen LogP contribution >= 0.6 is 0 Å². The molecule has 8 fully saturated rings. The van der Waals surface area contributed by atoms with Crippen molar-refractivity contribution in [3.63, 3.8) is 0 Å². The maximum atomic E-state index is 12.4. The van der Waals surface area contributed by atoms with E-state index in [-0.39, 0.29) is 208 Å². The summed E-state index contributed by atoms with van der Waals surface area (Å²) < 4.78 is 33.9. The molecule has 4 unspecified atom stereocenters. The number of hydrogen-bond acceptors (Lipinski definition) is 24. The van der Waals surface area contributed by atoms with Gasteiger partial charge in [0.2, 0.25) is 47.3 Å². The lowest BCUT2D eigenvalue weighted by Crippen LogP contribution is -2.46. The van der Waals surface area contributed by atoms with Crippen LogP contribution in [0.15, 0.2) is 49.1 Å². The summed E-state index contributed by atoms with van der Waals surface area (Å²) >= 11 is 0. The normalized spacial score (nSPS) is 22.9. The summed E-state index contributed by atoms with van der Waals surface area (Å²) in [5.74, 6) is -6.68. The number of amides is 12. The SMILES string of the molecule is C.[2H]C1(C(=O)NCCC(=O)[15NH]C[13CH2][13C](=O)ON2C(=C)CCC2=O)CCCN1[13CH]([13CH3])[13CH3].[2H]C1(C(=O)NCCC(=O)[15NH][13CH2][13CH2][13C](=O)ON2C(=C)CCC2=O)CCCN1C([13CH3])[13CH3].[2H]C1(C(=O)NCC[13C](=O)[15NH][13CH2][13CH2][13C](=O)ON2C(=C)CCC2=O)CCCN1[13CH](C)C.[2H]C1(C(=O)NC[13CH2][13C](=O)[15NH][13CH2][13CH2][13C](=O)ON2C(=C)CCC2=O)CCCN1C(C)C. The van der Waals surface area contributed by atoms with Crippen molar-refractivity contribution in [3.05, 3.63) is 49.1 Å². The number of nitrogens with one attached hydrogen (secondary N) is 8. The highest BCUT2D eigenvalue weighted by molar-refractivity contribution is 5.88. The van der Waals surface area contributed by atoms with Crippen LogP contribution in [0.3, 0.4) is 0 Å². The Balaban J connectivity index is 0.000000327. The van der Waals surface area contributed by atoms with Gasteiger partial charge in [0.15, 0.2) is 0 Å². The first-order valence-electron chi connectivity index (χ1n) is 40.7. The average Bonchev–Trinajstić information content (AvgIpc) is 1.68. The van der Waals surface area contributed by atoms with Crippen LogP contribution in [0.25, 0.3) is 0 Å². The second-order valence-electron chi connectivity index (χ2n) is 28.6. The molecule has 12 amide bonds. The number of carbonyl (C=O) groups is 16. The first-order chi connectivity index (χ1) is 54.6. The summed E-state index contributed by atoms with van der Waals surface area (Å²) in [6.07, 6.45) is 7.78. The molecule has 36 heteroatoms. The molecule has 0 aliphatic carbocycles. The molecule has 4 atom stereocenters. The van der Waals surface area contributed by atoms with Crippen molar-refractivity contribution in [2.75, 3.05) is 78.5 Å². The zero-order chi connectivity index (χ0) is 86.4. The number of nitrogens with zero attached hydrogens (tertiary/aromatic N) is 8. The molecule has 632 valence electrons. The second-order valence-corrected chi connectivity index (χ2v) is 28.6. The van der Waals surface area contributed by atoms with Crippen molar-refractivity contribution in [2.45, 2.75) is 265 Å². The van der Waals surface area contributed by atoms with E-state index < -0.39 is 71.6 Å². The first kappa shape index (κ1) is 88.9. The molecule has 8 heterocycles. The van der Waals surface area contributed by atoms with Crippen molar-refractivity contribution in [1.82, 2.24) is 82.4 Å². The zero-order valence-electron chi connectivity index (χ0n) is 70.3. The summed E-state index contributed by atoms with van der Waals surface area (Å²) in [6, 6.07) is -4.77. The molecule has 113 heavy (non-hydrogen) atoms. The largest absolute Gasteiger partial charge is 0.355 e. The van der Waals surface area contributed by atoms with Crippen LogP contribution in [0.5, 0.6) is 0 Å². The standard InChI is InChI=1S/4C19H30N4O5.CH4/c4*1-13(2)22-12-4-5-15(22)19(27)21-10-8-16(24)20-11-9-18(26)28-23-14(3)6-7-17(23)25;/h4*13,15H,3-12H2,1-2H3,(H,20,24)(H,21,27);1H4/i9+1,11+1,13+1,15D,16+1,18+1,20+1;8+1,9+1,11+1,15D,16+1,18+1,20+1;1+1,2+1,9+1,13+1,15D,18+1,20+1;1+1,2+1,9+1,11+1,15D,18+1,20+1;. The van der Waals surface area contributed by atoms with Gasteiger partial charge in [-0.25, -0.2) is 19.2 Å². The Hall–Kier alpha value is -9.68. The molecular formula is C77H124N16O20. The predicted molar refractivity (Wildman–Crippen MR) is 412 cm³/mol. The van der Waals surface area contributed by atoms with E-state index in [0.717, 1.165) is 45.9 Å². The molecule has 0 spiro atoms. The molecule has 0 saturated carbocycles. The van der Waals surface area contributed by atoms with E-state index in [1.54, 1.807) is 0 Å². The molecule has 8 aliphatic heterocycles. The van der Waals surface area contributed by atoms with Gasteiger partial charge in [-0.3, -0.25) is 77.1 Å². The van der Waals surface area contributed by atoms with Gasteiger partial charge < -0.3 is 61.9 Å². The Bertz CT molecular complexity index is 3130. The van der Waals surface area contributed by atoms with E-state index >= 15 is 0 Å². The van der Waals surface area contributed by atoms with Crippen molar-refractivity contribution < 1.29 is 102 Å². The summed E-state index contributed by atoms with van der Waals surface area (Å²) in [5, 5.41) is 24.5. The topological polar surface area (TPSA) is 432 Å². The highest BCUT2D eigenvalue weighted by Crippen LogP contribution is 2.27. The summed E-state index contributed by atoms with van der Waals surface area (Å²) in [4.78, 5) is 217. The number of hydroxylamine groups is 8. The molecule has 8 saturated heterocycles. The zero-order valence-corrected chi connectivity index (χ0v) is 66.3. The van der Waals surface area contributed by atoms with Gasteiger partial charge in [-0.2, -0.15) is 0 Å². The van der Waals surface area contributed by atoms with Gasteiger partial charge in [-0.05, 0) is 159 Å². The lowest BCUT2D eigenvalue weighted by molar-refractivity contribution is -0.186. The molecule has 8 aliphatic rings. The second kappa shape index (κ2) is 49.1. The predicted octanol–water partition coefficient (Wildman–Crippen LogP) is 2.50. The molecule has 0 aromatic heterocycles. The van der Waals surface area contributed by atoms with Crippen molar-refractivity contribution in [1.29, 1.82) is 0 Å².